The molecule has 0 aliphatic heterocycles. The lowest BCUT2D eigenvalue weighted by atomic mass is 9.89. The van der Waals surface area contributed by atoms with Gasteiger partial charge in [0.1, 0.15) is 0 Å². The van der Waals surface area contributed by atoms with Gasteiger partial charge < -0.3 is 9.79 Å². The maximum Gasteiger partial charge on any atom is 0.347 e. The summed E-state index contributed by atoms with van der Waals surface area (Å²) in [4.78, 5) is 45.3. The predicted molar refractivity (Wildman–Crippen MR) is 91.5 cm³/mol. The van der Waals surface area contributed by atoms with E-state index < -0.39 is 24.3 Å². The molecule has 2 N–H and O–H groups in total. The van der Waals surface area contributed by atoms with Crippen molar-refractivity contribution in [2.24, 2.45) is 0 Å². The first kappa shape index (κ1) is 18.3. The molecule has 0 unspecified atom stereocenters. The van der Waals surface area contributed by atoms with Crippen molar-refractivity contribution in [3.8, 4) is 0 Å². The van der Waals surface area contributed by atoms with Crippen molar-refractivity contribution in [3.63, 3.8) is 0 Å². The molecule has 0 amide bonds. The van der Waals surface area contributed by atoms with Crippen LogP contribution >= 0.6 is 7.60 Å². The minimum Gasteiger partial charge on any atom is -0.323 e. The first-order chi connectivity index (χ1) is 11.1. The second kappa shape index (κ2) is 6.44. The highest BCUT2D eigenvalue weighted by molar-refractivity contribution is 7.56. The van der Waals surface area contributed by atoms with Crippen LogP contribution in [-0.4, -0.2) is 26.5 Å². The number of rotatable bonds is 5. The minimum atomic E-state index is -5.06. The molecule has 0 spiro atoms. The molecule has 0 radical (unpaired) electrons. The molecule has 0 aromatic heterocycles. The molecule has 2 aromatic rings. The lowest BCUT2D eigenvalue weighted by molar-refractivity contribution is 0.0823. The zero-order chi connectivity index (χ0) is 18.1. The Labute approximate surface area is 140 Å². The van der Waals surface area contributed by atoms with E-state index in [1.54, 1.807) is 38.1 Å². The standard InChI is InChI=1S/C18H19O5P/c1-12-6-4-8-14(10-12)16(19)18(3,24(21,22)23)17(20)15-9-5-7-13(2)11-15/h4-11H,1-3H3,(H2,21,22,23). The van der Waals surface area contributed by atoms with Gasteiger partial charge in [0, 0.05) is 11.1 Å². The van der Waals surface area contributed by atoms with Crippen molar-refractivity contribution in [2.75, 3.05) is 0 Å². The van der Waals surface area contributed by atoms with Crippen LogP contribution in [0.15, 0.2) is 48.5 Å². The number of ketones is 2. The second-order valence-corrected chi connectivity index (χ2v) is 8.00. The molecular formula is C18H19O5P. The first-order valence-electron chi connectivity index (χ1n) is 7.36. The normalized spacial score (nSPS) is 12.0. The molecule has 126 valence electrons. The van der Waals surface area contributed by atoms with Crippen LogP contribution in [0.3, 0.4) is 0 Å². The third kappa shape index (κ3) is 3.24. The van der Waals surface area contributed by atoms with Crippen molar-refractivity contribution in [1.82, 2.24) is 0 Å². The highest BCUT2D eigenvalue weighted by Crippen LogP contribution is 2.53. The van der Waals surface area contributed by atoms with E-state index in [0.717, 1.165) is 18.1 Å². The van der Waals surface area contributed by atoms with Crippen LogP contribution in [0, 0.1) is 13.8 Å². The summed E-state index contributed by atoms with van der Waals surface area (Å²) >= 11 is 0. The van der Waals surface area contributed by atoms with Gasteiger partial charge in [0.25, 0.3) is 0 Å². The van der Waals surface area contributed by atoms with Gasteiger partial charge in [-0.1, -0.05) is 47.5 Å². The average molecular weight is 346 g/mol. The summed E-state index contributed by atoms with van der Waals surface area (Å²) in [6.07, 6.45) is 0. The summed E-state index contributed by atoms with van der Waals surface area (Å²) in [6.45, 7) is 4.53. The van der Waals surface area contributed by atoms with E-state index in [1.165, 1.54) is 24.3 Å². The van der Waals surface area contributed by atoms with Gasteiger partial charge in [-0.15, -0.1) is 0 Å². The first-order valence-corrected chi connectivity index (χ1v) is 8.97. The summed E-state index contributed by atoms with van der Waals surface area (Å²) in [5.41, 5.74) is 1.72. The fourth-order valence-corrected chi connectivity index (χ4v) is 3.29. The number of hydrogen-bond donors (Lipinski definition) is 2. The molecule has 0 atom stereocenters. The summed E-state index contributed by atoms with van der Waals surface area (Å²) < 4.78 is 12.1. The molecule has 5 nitrogen and oxygen atoms in total. The molecule has 0 bridgehead atoms. The number of Topliss-reactive ketones (excluding diaryl/α,β-unsaturated/α-hetero) is 2. The van der Waals surface area contributed by atoms with Crippen LogP contribution in [0.4, 0.5) is 0 Å². The lowest BCUT2D eigenvalue weighted by Gasteiger charge is -2.27. The van der Waals surface area contributed by atoms with E-state index in [4.69, 9.17) is 0 Å². The summed E-state index contributed by atoms with van der Waals surface area (Å²) in [7, 11) is -5.06. The quantitative estimate of drug-likeness (QED) is 0.492. The van der Waals surface area contributed by atoms with E-state index in [1.807, 2.05) is 0 Å². The Balaban J connectivity index is 2.61. The SMILES string of the molecule is Cc1cccc(C(=O)C(C)(C(=O)c2cccc(C)c2)P(=O)(O)O)c1. The Morgan fingerprint density at radius 1 is 0.875 bits per heavy atom. The molecule has 2 aromatic carbocycles. The smallest absolute Gasteiger partial charge is 0.323 e. The second-order valence-electron chi connectivity index (χ2n) is 6.01. The van der Waals surface area contributed by atoms with E-state index in [2.05, 4.69) is 0 Å². The molecule has 0 fully saturated rings. The van der Waals surface area contributed by atoms with Crippen molar-refractivity contribution in [3.05, 3.63) is 70.8 Å². The Kier molecular flexibility index (Phi) is 4.90. The van der Waals surface area contributed by atoms with E-state index in [0.29, 0.717) is 0 Å². The van der Waals surface area contributed by atoms with Gasteiger partial charge in [-0.3, -0.25) is 14.2 Å². The van der Waals surface area contributed by atoms with Gasteiger partial charge in [0.2, 0.25) is 0 Å². The number of aryl methyl sites for hydroxylation is 2. The molecule has 0 heterocycles. The zero-order valence-electron chi connectivity index (χ0n) is 13.7. The minimum absolute atomic E-state index is 0.0989. The number of carbonyl (C=O) groups excluding carboxylic acids is 2. The van der Waals surface area contributed by atoms with Crippen molar-refractivity contribution in [2.45, 2.75) is 25.9 Å². The predicted octanol–water partition coefficient (Wildman–Crippen LogP) is 3.31. The van der Waals surface area contributed by atoms with Crippen LogP contribution in [-0.2, 0) is 4.57 Å². The van der Waals surface area contributed by atoms with E-state index >= 15 is 0 Å². The molecule has 2 rings (SSSR count). The topological polar surface area (TPSA) is 91.7 Å². The van der Waals surface area contributed by atoms with Gasteiger partial charge >= 0.3 is 7.60 Å². The third-order valence-electron chi connectivity index (χ3n) is 4.03. The lowest BCUT2D eigenvalue weighted by Crippen LogP contribution is -2.43. The van der Waals surface area contributed by atoms with Crippen LogP contribution in [0.1, 0.15) is 38.8 Å². The van der Waals surface area contributed by atoms with Gasteiger partial charge in [-0.2, -0.15) is 0 Å². The Bertz CT molecular complexity index is 792. The molecular weight excluding hydrogens is 327 g/mol. The molecule has 0 aliphatic rings. The maximum absolute atomic E-state index is 12.9. The Morgan fingerprint density at radius 3 is 1.54 bits per heavy atom. The summed E-state index contributed by atoms with van der Waals surface area (Å²) in [5, 5.41) is -2.46. The van der Waals surface area contributed by atoms with Crippen LogP contribution < -0.4 is 0 Å². The maximum atomic E-state index is 12.9. The number of carbonyl (C=O) groups is 2. The Morgan fingerprint density at radius 2 is 1.25 bits per heavy atom. The van der Waals surface area contributed by atoms with Crippen molar-refractivity contribution < 1.29 is 23.9 Å². The molecule has 0 aliphatic carbocycles. The summed E-state index contributed by atoms with van der Waals surface area (Å²) in [6, 6.07) is 12.7. The molecule has 6 heteroatoms. The fraction of sp³-hybridized carbons (Fsp3) is 0.222. The molecule has 0 saturated carbocycles. The Hall–Kier alpha value is -2.07. The van der Waals surface area contributed by atoms with Gasteiger partial charge in [0.05, 0.1) is 0 Å². The van der Waals surface area contributed by atoms with Crippen LogP contribution in [0.5, 0.6) is 0 Å². The average Bonchev–Trinajstić information content (AvgIpc) is 2.51. The monoisotopic (exact) mass is 346 g/mol. The highest BCUT2D eigenvalue weighted by atomic mass is 31.2. The van der Waals surface area contributed by atoms with Crippen LogP contribution in [0.25, 0.3) is 0 Å². The van der Waals surface area contributed by atoms with Gasteiger partial charge in [-0.25, -0.2) is 0 Å². The van der Waals surface area contributed by atoms with Gasteiger partial charge in [-0.05, 0) is 32.9 Å². The highest BCUT2D eigenvalue weighted by Gasteiger charge is 2.55. The number of benzene rings is 2. The van der Waals surface area contributed by atoms with E-state index in [9.17, 15) is 23.9 Å². The van der Waals surface area contributed by atoms with Crippen molar-refractivity contribution in [1.29, 1.82) is 0 Å². The van der Waals surface area contributed by atoms with Crippen LogP contribution in [0.2, 0.25) is 0 Å². The molecule has 0 saturated heterocycles. The summed E-state index contributed by atoms with van der Waals surface area (Å²) in [5.74, 6) is -1.77. The third-order valence-corrected chi connectivity index (χ3v) is 5.60. The van der Waals surface area contributed by atoms with Gasteiger partial charge in [0.15, 0.2) is 16.7 Å². The largest absolute Gasteiger partial charge is 0.347 e. The van der Waals surface area contributed by atoms with E-state index in [-0.39, 0.29) is 11.1 Å². The number of hydrogen-bond acceptors (Lipinski definition) is 3. The fourth-order valence-electron chi connectivity index (χ4n) is 2.50. The van der Waals surface area contributed by atoms with Crippen molar-refractivity contribution >= 4 is 19.2 Å². The zero-order valence-corrected chi connectivity index (χ0v) is 14.6. The molecule has 24 heavy (non-hydrogen) atoms.